The average Bonchev–Trinajstić information content (AvgIpc) is 3.15. The monoisotopic (exact) mass is 299 g/mol. The Morgan fingerprint density at radius 1 is 1.36 bits per heavy atom. The van der Waals surface area contributed by atoms with Gasteiger partial charge in [-0.15, -0.1) is 0 Å². The van der Waals surface area contributed by atoms with Crippen LogP contribution in [0.2, 0.25) is 0 Å². The summed E-state index contributed by atoms with van der Waals surface area (Å²) in [5, 5.41) is 14.4. The normalized spacial score (nSPS) is 15.9. The summed E-state index contributed by atoms with van der Waals surface area (Å²) in [6, 6.07) is 2.11. The zero-order chi connectivity index (χ0) is 15.1. The Hall–Kier alpha value is -2.64. The van der Waals surface area contributed by atoms with E-state index in [1.807, 2.05) is 4.68 Å². The van der Waals surface area contributed by atoms with E-state index in [0.29, 0.717) is 29.5 Å². The van der Waals surface area contributed by atoms with Crippen molar-refractivity contribution in [3.05, 3.63) is 18.5 Å². The van der Waals surface area contributed by atoms with Crippen molar-refractivity contribution >= 4 is 22.8 Å². The Balaban J connectivity index is 1.65. The molecule has 8 heteroatoms. The van der Waals surface area contributed by atoms with Gasteiger partial charge >= 0.3 is 0 Å². The van der Waals surface area contributed by atoms with Gasteiger partial charge in [-0.3, -0.25) is 0 Å². The minimum atomic E-state index is 0.354. The minimum absolute atomic E-state index is 0.354. The third kappa shape index (κ3) is 2.26. The second-order valence-electron chi connectivity index (χ2n) is 5.58. The topological polar surface area (TPSA) is 93.5 Å². The Bertz CT molecular complexity index is 804. The predicted octanol–water partition coefficient (Wildman–Crippen LogP) is 2.27. The molecule has 0 unspecified atom stereocenters. The first kappa shape index (κ1) is 13.1. The van der Waals surface area contributed by atoms with Crippen molar-refractivity contribution < 1.29 is 4.74 Å². The Morgan fingerprint density at radius 3 is 2.95 bits per heavy atom. The fourth-order valence-electron chi connectivity index (χ4n) is 2.56. The molecule has 8 nitrogen and oxygen atoms in total. The van der Waals surface area contributed by atoms with Gasteiger partial charge in [0.2, 0.25) is 5.88 Å². The van der Waals surface area contributed by atoms with Crippen LogP contribution < -0.4 is 10.1 Å². The highest BCUT2D eigenvalue weighted by Crippen LogP contribution is 2.39. The maximum atomic E-state index is 5.07. The molecule has 3 aromatic rings. The van der Waals surface area contributed by atoms with Crippen LogP contribution >= 0.6 is 0 Å². The largest absolute Gasteiger partial charge is 0.481 e. The highest BCUT2D eigenvalue weighted by atomic mass is 16.5. The van der Waals surface area contributed by atoms with Crippen molar-refractivity contribution in [2.75, 3.05) is 12.4 Å². The summed E-state index contributed by atoms with van der Waals surface area (Å²) in [5.74, 6) is 2.55. The number of ether oxygens (including phenoxy) is 1. The van der Waals surface area contributed by atoms with Crippen molar-refractivity contribution in [3.8, 4) is 5.88 Å². The minimum Gasteiger partial charge on any atom is -0.481 e. The van der Waals surface area contributed by atoms with E-state index in [1.165, 1.54) is 12.8 Å². The number of hydrogen-bond donors (Lipinski definition) is 2. The number of aromatic nitrogens is 6. The molecule has 3 heterocycles. The van der Waals surface area contributed by atoms with E-state index in [0.717, 1.165) is 11.2 Å². The van der Waals surface area contributed by atoms with Crippen LogP contribution in [-0.4, -0.2) is 37.1 Å². The van der Waals surface area contributed by atoms with Gasteiger partial charge in [-0.1, -0.05) is 0 Å². The highest BCUT2D eigenvalue weighted by Gasteiger charge is 2.30. The van der Waals surface area contributed by atoms with Crippen molar-refractivity contribution in [1.82, 2.24) is 29.9 Å². The molecular formula is C14H17N7O. The summed E-state index contributed by atoms with van der Waals surface area (Å²) < 4.78 is 7.03. The van der Waals surface area contributed by atoms with Gasteiger partial charge in [0, 0.05) is 6.07 Å². The van der Waals surface area contributed by atoms with Crippen LogP contribution in [0.4, 0.5) is 11.6 Å². The first-order valence-electron chi connectivity index (χ1n) is 7.31. The molecule has 3 aromatic heterocycles. The van der Waals surface area contributed by atoms with Gasteiger partial charge in [-0.05, 0) is 25.7 Å². The van der Waals surface area contributed by atoms with Crippen LogP contribution in [-0.2, 0) is 0 Å². The molecule has 0 aromatic carbocycles. The summed E-state index contributed by atoms with van der Waals surface area (Å²) in [5.41, 5.74) is 1.60. The first-order chi connectivity index (χ1) is 10.7. The molecule has 1 fully saturated rings. The highest BCUT2D eigenvalue weighted by molar-refractivity contribution is 5.72. The molecule has 0 bridgehead atoms. The number of anilines is 2. The number of hydrogen-bond acceptors (Lipinski definition) is 6. The zero-order valence-corrected chi connectivity index (χ0v) is 12.4. The molecular weight excluding hydrogens is 282 g/mol. The standard InChI is InChI=1S/C14H17N7O/c1-8(9-3-4-9)21-14-10(6-16-21)15-7-12(18-14)17-11-5-13(22-2)20-19-11/h5-9H,3-4H2,1-2H3,(H2,17,18,19,20)/t8-/m1/s1. The van der Waals surface area contributed by atoms with Crippen molar-refractivity contribution in [2.24, 2.45) is 5.92 Å². The van der Waals surface area contributed by atoms with E-state index in [1.54, 1.807) is 25.6 Å². The molecule has 0 amide bonds. The number of fused-ring (bicyclic) bond motifs is 1. The first-order valence-corrected chi connectivity index (χ1v) is 7.31. The fourth-order valence-corrected chi connectivity index (χ4v) is 2.56. The van der Waals surface area contributed by atoms with Crippen LogP contribution in [0.5, 0.6) is 5.88 Å². The smallest absolute Gasteiger partial charge is 0.210 e. The lowest BCUT2D eigenvalue weighted by Crippen LogP contribution is -2.10. The van der Waals surface area contributed by atoms with Gasteiger partial charge in [-0.2, -0.15) is 10.2 Å². The van der Waals surface area contributed by atoms with E-state index in [9.17, 15) is 0 Å². The van der Waals surface area contributed by atoms with E-state index in [4.69, 9.17) is 4.74 Å². The van der Waals surface area contributed by atoms with Crippen LogP contribution in [0.1, 0.15) is 25.8 Å². The van der Waals surface area contributed by atoms with E-state index in [2.05, 4.69) is 37.5 Å². The maximum Gasteiger partial charge on any atom is 0.210 e. The van der Waals surface area contributed by atoms with Crippen LogP contribution in [0.15, 0.2) is 18.5 Å². The molecule has 22 heavy (non-hydrogen) atoms. The summed E-state index contributed by atoms with van der Waals surface area (Å²) in [7, 11) is 1.58. The fraction of sp³-hybridized carbons (Fsp3) is 0.429. The van der Waals surface area contributed by atoms with E-state index in [-0.39, 0.29) is 0 Å². The SMILES string of the molecule is COc1cc(Nc2cnc3cnn([C@H](C)C4CC4)c3n2)n[nH]1. The molecule has 0 radical (unpaired) electrons. The third-order valence-electron chi connectivity index (χ3n) is 4.02. The summed E-state index contributed by atoms with van der Waals surface area (Å²) in [6.45, 7) is 2.18. The van der Waals surface area contributed by atoms with Crippen LogP contribution in [0.3, 0.4) is 0 Å². The van der Waals surface area contributed by atoms with E-state index >= 15 is 0 Å². The number of nitrogens with zero attached hydrogens (tertiary/aromatic N) is 5. The molecule has 1 saturated carbocycles. The second kappa shape index (κ2) is 4.97. The number of aromatic amines is 1. The molecule has 0 saturated heterocycles. The maximum absolute atomic E-state index is 5.07. The average molecular weight is 299 g/mol. The van der Waals surface area contributed by atoms with Gasteiger partial charge in [0.05, 0.1) is 25.5 Å². The second-order valence-corrected chi connectivity index (χ2v) is 5.58. The predicted molar refractivity (Wildman–Crippen MR) is 81.2 cm³/mol. The number of H-pyrrole nitrogens is 1. The molecule has 1 atom stereocenters. The van der Waals surface area contributed by atoms with Crippen LogP contribution in [0, 0.1) is 5.92 Å². The molecule has 1 aliphatic carbocycles. The molecule has 4 rings (SSSR count). The lowest BCUT2D eigenvalue weighted by Gasteiger charge is -2.11. The Labute approximate surface area is 126 Å². The van der Waals surface area contributed by atoms with Gasteiger partial charge < -0.3 is 10.1 Å². The third-order valence-corrected chi connectivity index (χ3v) is 4.02. The van der Waals surface area contributed by atoms with Gasteiger partial charge in [0.15, 0.2) is 17.3 Å². The molecule has 2 N–H and O–H groups in total. The number of rotatable bonds is 5. The molecule has 114 valence electrons. The van der Waals surface area contributed by atoms with Crippen LogP contribution in [0.25, 0.3) is 11.2 Å². The Kier molecular flexibility index (Phi) is 2.95. The molecule has 1 aliphatic rings. The quantitative estimate of drug-likeness (QED) is 0.750. The summed E-state index contributed by atoms with van der Waals surface area (Å²) >= 11 is 0. The lowest BCUT2D eigenvalue weighted by atomic mass is 10.2. The van der Waals surface area contributed by atoms with Crippen molar-refractivity contribution in [2.45, 2.75) is 25.8 Å². The summed E-state index contributed by atoms with van der Waals surface area (Å²) in [4.78, 5) is 9.04. The zero-order valence-electron chi connectivity index (χ0n) is 12.4. The molecule has 0 aliphatic heterocycles. The van der Waals surface area contributed by atoms with Gasteiger partial charge in [0.1, 0.15) is 5.52 Å². The number of nitrogens with one attached hydrogen (secondary N) is 2. The van der Waals surface area contributed by atoms with Crippen molar-refractivity contribution in [1.29, 1.82) is 0 Å². The Morgan fingerprint density at radius 2 is 2.23 bits per heavy atom. The van der Waals surface area contributed by atoms with Crippen molar-refractivity contribution in [3.63, 3.8) is 0 Å². The summed E-state index contributed by atoms with van der Waals surface area (Å²) in [6.07, 6.45) is 5.97. The number of methoxy groups -OCH3 is 1. The van der Waals surface area contributed by atoms with E-state index < -0.39 is 0 Å². The molecule has 0 spiro atoms. The lowest BCUT2D eigenvalue weighted by molar-refractivity contribution is 0.397. The van der Waals surface area contributed by atoms with Gasteiger partial charge in [-0.25, -0.2) is 19.7 Å². The van der Waals surface area contributed by atoms with Gasteiger partial charge in [0.25, 0.3) is 0 Å².